The Morgan fingerprint density at radius 3 is 2.26 bits per heavy atom. The molecular formula is C25H24N2O4. The topological polar surface area (TPSA) is 77.0 Å². The van der Waals surface area contributed by atoms with E-state index in [0.29, 0.717) is 17.1 Å². The number of hydrogen-bond acceptors (Lipinski definition) is 5. The fourth-order valence-electron chi connectivity index (χ4n) is 2.76. The molecule has 0 fully saturated rings. The van der Waals surface area contributed by atoms with Crippen molar-refractivity contribution in [3.05, 3.63) is 95.6 Å². The van der Waals surface area contributed by atoms with Crippen molar-refractivity contribution in [3.63, 3.8) is 0 Å². The van der Waals surface area contributed by atoms with Crippen LogP contribution in [0.2, 0.25) is 0 Å². The molecule has 1 N–H and O–H groups in total. The third kappa shape index (κ3) is 7.12. The van der Waals surface area contributed by atoms with Gasteiger partial charge in [0.05, 0.1) is 11.8 Å². The van der Waals surface area contributed by atoms with Gasteiger partial charge >= 0.3 is 5.97 Å². The summed E-state index contributed by atoms with van der Waals surface area (Å²) >= 11 is 0. The molecule has 0 aromatic heterocycles. The van der Waals surface area contributed by atoms with Crippen LogP contribution in [0.4, 0.5) is 0 Å². The van der Waals surface area contributed by atoms with E-state index >= 15 is 0 Å². The molecule has 0 radical (unpaired) electrons. The normalized spacial score (nSPS) is 10.6. The second-order valence-electron chi connectivity index (χ2n) is 6.80. The Bertz CT molecular complexity index is 1010. The van der Waals surface area contributed by atoms with Crippen LogP contribution in [0.15, 0.2) is 84.0 Å². The van der Waals surface area contributed by atoms with Gasteiger partial charge in [-0.2, -0.15) is 5.10 Å². The molecule has 158 valence electrons. The molecule has 0 heterocycles. The zero-order chi connectivity index (χ0) is 21.9. The first kappa shape index (κ1) is 21.8. The summed E-state index contributed by atoms with van der Waals surface area (Å²) < 4.78 is 10.8. The maximum atomic E-state index is 12.0. The fraction of sp³-hybridized carbons (Fsp3) is 0.160. The lowest BCUT2D eigenvalue weighted by atomic mass is 10.1. The maximum absolute atomic E-state index is 12.0. The number of carbonyl (C=O) groups excluding carboxylic acids is 2. The summed E-state index contributed by atoms with van der Waals surface area (Å²) in [6.45, 7) is 2.00. The highest BCUT2D eigenvalue weighted by molar-refractivity contribution is 5.91. The largest absolute Gasteiger partial charge is 0.484 e. The summed E-state index contributed by atoms with van der Waals surface area (Å²) in [5, 5.41) is 3.92. The minimum absolute atomic E-state index is 0.126. The van der Waals surface area contributed by atoms with E-state index < -0.39 is 5.97 Å². The number of aryl methyl sites for hydroxylation is 1. The van der Waals surface area contributed by atoms with E-state index in [-0.39, 0.29) is 12.5 Å². The van der Waals surface area contributed by atoms with Crippen molar-refractivity contribution in [2.45, 2.75) is 19.8 Å². The van der Waals surface area contributed by atoms with Gasteiger partial charge in [-0.1, -0.05) is 43.7 Å². The first-order valence-electron chi connectivity index (χ1n) is 10.0. The molecule has 0 saturated heterocycles. The average molecular weight is 416 g/mol. The predicted octanol–water partition coefficient (Wildman–Crippen LogP) is 4.39. The van der Waals surface area contributed by atoms with Gasteiger partial charge in [-0.3, -0.25) is 4.79 Å². The van der Waals surface area contributed by atoms with Crippen molar-refractivity contribution in [2.24, 2.45) is 5.10 Å². The van der Waals surface area contributed by atoms with E-state index in [0.717, 1.165) is 18.4 Å². The number of hydrazone groups is 1. The van der Waals surface area contributed by atoms with Gasteiger partial charge < -0.3 is 9.47 Å². The lowest BCUT2D eigenvalue weighted by Crippen LogP contribution is -2.24. The summed E-state index contributed by atoms with van der Waals surface area (Å²) in [5.74, 6) is 0.282. The van der Waals surface area contributed by atoms with Crippen LogP contribution in [0.25, 0.3) is 0 Å². The first-order chi connectivity index (χ1) is 15.1. The molecule has 0 bridgehead atoms. The molecule has 0 saturated carbocycles. The zero-order valence-corrected chi connectivity index (χ0v) is 17.3. The van der Waals surface area contributed by atoms with Crippen molar-refractivity contribution in [1.82, 2.24) is 5.43 Å². The molecule has 3 rings (SSSR count). The van der Waals surface area contributed by atoms with Gasteiger partial charge in [-0.15, -0.1) is 0 Å². The Labute approximate surface area is 181 Å². The molecule has 3 aromatic carbocycles. The molecule has 0 unspecified atom stereocenters. The van der Waals surface area contributed by atoms with Crippen molar-refractivity contribution in [2.75, 3.05) is 6.61 Å². The van der Waals surface area contributed by atoms with Crippen LogP contribution < -0.4 is 14.9 Å². The summed E-state index contributed by atoms with van der Waals surface area (Å²) in [7, 11) is 0. The second kappa shape index (κ2) is 11.3. The van der Waals surface area contributed by atoms with E-state index in [1.54, 1.807) is 48.5 Å². The van der Waals surface area contributed by atoms with E-state index in [4.69, 9.17) is 9.47 Å². The standard InChI is InChI=1S/C25H24N2O4/c1-2-6-19-9-13-22(14-10-19)30-18-24(28)27-26-17-20-11-15-23(16-12-20)31-25(29)21-7-4-3-5-8-21/h3-5,7-17H,2,6,18H2,1H3,(H,27,28)/b26-17+. The predicted molar refractivity (Wildman–Crippen MR) is 120 cm³/mol. The SMILES string of the molecule is CCCc1ccc(OCC(=O)N/N=C/c2ccc(OC(=O)c3ccccc3)cc2)cc1. The number of carbonyl (C=O) groups is 2. The van der Waals surface area contributed by atoms with Gasteiger partial charge in [-0.05, 0) is 66.1 Å². The molecule has 0 aliphatic carbocycles. The highest BCUT2D eigenvalue weighted by Gasteiger charge is 2.07. The maximum Gasteiger partial charge on any atom is 0.343 e. The molecule has 0 spiro atoms. The van der Waals surface area contributed by atoms with E-state index in [1.165, 1.54) is 11.8 Å². The number of nitrogens with one attached hydrogen (secondary N) is 1. The number of benzene rings is 3. The minimum atomic E-state index is -0.422. The number of amides is 1. The first-order valence-corrected chi connectivity index (χ1v) is 10.0. The molecular weight excluding hydrogens is 392 g/mol. The molecule has 31 heavy (non-hydrogen) atoms. The highest BCUT2D eigenvalue weighted by atomic mass is 16.5. The third-order valence-electron chi connectivity index (χ3n) is 4.33. The van der Waals surface area contributed by atoms with E-state index in [2.05, 4.69) is 17.5 Å². The second-order valence-corrected chi connectivity index (χ2v) is 6.80. The number of rotatable bonds is 9. The molecule has 0 aliphatic rings. The van der Waals surface area contributed by atoms with Crippen LogP contribution in [0.1, 0.15) is 34.8 Å². The van der Waals surface area contributed by atoms with Crippen molar-refractivity contribution in [1.29, 1.82) is 0 Å². The molecule has 0 aliphatic heterocycles. The van der Waals surface area contributed by atoms with Crippen LogP contribution in [0.3, 0.4) is 0 Å². The monoisotopic (exact) mass is 416 g/mol. The molecule has 0 atom stereocenters. The van der Waals surface area contributed by atoms with Gasteiger partial charge in [-0.25, -0.2) is 10.2 Å². The van der Waals surface area contributed by atoms with Gasteiger partial charge in [0.15, 0.2) is 6.61 Å². The van der Waals surface area contributed by atoms with Crippen LogP contribution in [0, 0.1) is 0 Å². The lowest BCUT2D eigenvalue weighted by Gasteiger charge is -2.06. The van der Waals surface area contributed by atoms with Crippen molar-refractivity contribution >= 4 is 18.1 Å². The van der Waals surface area contributed by atoms with Crippen molar-refractivity contribution in [3.8, 4) is 11.5 Å². The Kier molecular flexibility index (Phi) is 7.94. The van der Waals surface area contributed by atoms with Gasteiger partial charge in [0.2, 0.25) is 0 Å². The molecule has 6 nitrogen and oxygen atoms in total. The lowest BCUT2D eigenvalue weighted by molar-refractivity contribution is -0.123. The number of esters is 1. The Hall–Kier alpha value is -3.93. The number of ether oxygens (including phenoxy) is 2. The molecule has 6 heteroatoms. The van der Waals surface area contributed by atoms with Crippen LogP contribution in [-0.2, 0) is 11.2 Å². The highest BCUT2D eigenvalue weighted by Crippen LogP contribution is 2.14. The van der Waals surface area contributed by atoms with E-state index in [1.807, 2.05) is 30.3 Å². The van der Waals surface area contributed by atoms with E-state index in [9.17, 15) is 9.59 Å². The summed E-state index contributed by atoms with van der Waals surface area (Å²) in [4.78, 5) is 23.9. The summed E-state index contributed by atoms with van der Waals surface area (Å²) in [6.07, 6.45) is 3.61. The average Bonchev–Trinajstić information content (AvgIpc) is 2.80. The minimum Gasteiger partial charge on any atom is -0.484 e. The summed E-state index contributed by atoms with van der Waals surface area (Å²) in [5.41, 5.74) is 4.89. The number of nitrogens with zero attached hydrogens (tertiary/aromatic N) is 1. The van der Waals surface area contributed by atoms with Gasteiger partial charge in [0, 0.05) is 0 Å². The Balaban J connectivity index is 1.42. The fourth-order valence-corrected chi connectivity index (χ4v) is 2.76. The van der Waals surface area contributed by atoms with Crippen LogP contribution in [-0.4, -0.2) is 24.7 Å². The van der Waals surface area contributed by atoms with Crippen LogP contribution in [0.5, 0.6) is 11.5 Å². The quantitative estimate of drug-likeness (QED) is 0.243. The van der Waals surface area contributed by atoms with Gasteiger partial charge in [0.1, 0.15) is 11.5 Å². The Morgan fingerprint density at radius 2 is 1.58 bits per heavy atom. The zero-order valence-electron chi connectivity index (χ0n) is 17.3. The molecule has 1 amide bonds. The third-order valence-corrected chi connectivity index (χ3v) is 4.33. The smallest absolute Gasteiger partial charge is 0.343 e. The van der Waals surface area contributed by atoms with Crippen molar-refractivity contribution < 1.29 is 19.1 Å². The number of hydrogen-bond donors (Lipinski definition) is 1. The van der Waals surface area contributed by atoms with Gasteiger partial charge in [0.25, 0.3) is 5.91 Å². The Morgan fingerprint density at radius 1 is 0.903 bits per heavy atom. The van der Waals surface area contributed by atoms with Crippen LogP contribution >= 0.6 is 0 Å². The molecule has 3 aromatic rings. The summed E-state index contributed by atoms with van der Waals surface area (Å²) in [6, 6.07) is 23.3.